The molecule has 2 aromatic rings. The van der Waals surface area contributed by atoms with Gasteiger partial charge >= 0.3 is 0 Å². The molecule has 2 rings (SSSR count). The van der Waals surface area contributed by atoms with Crippen LogP contribution in [0.5, 0.6) is 5.75 Å². The first-order valence-corrected chi connectivity index (χ1v) is 7.20. The maximum atomic E-state index is 10.1. The van der Waals surface area contributed by atoms with Crippen LogP contribution in [0.4, 0.5) is 0 Å². The van der Waals surface area contributed by atoms with Crippen molar-refractivity contribution in [3.8, 4) is 5.75 Å². The molecule has 0 aliphatic carbocycles. The Bertz CT molecular complexity index is 538. The average Bonchev–Trinajstić information content (AvgIpc) is 2.50. The van der Waals surface area contributed by atoms with Crippen LogP contribution in [-0.4, -0.2) is 17.1 Å². The summed E-state index contributed by atoms with van der Waals surface area (Å²) in [5, 5.41) is 10.1. The first-order valence-electron chi connectivity index (χ1n) is 7.20. The van der Waals surface area contributed by atoms with E-state index in [4.69, 9.17) is 0 Å². The van der Waals surface area contributed by atoms with Crippen LogP contribution in [-0.2, 0) is 0 Å². The van der Waals surface area contributed by atoms with Crippen molar-refractivity contribution in [1.82, 2.24) is 4.90 Å². The average molecular weight is 269 g/mol. The Morgan fingerprint density at radius 1 is 1.00 bits per heavy atom. The minimum Gasteiger partial charge on any atom is -0.508 e. The molecule has 20 heavy (non-hydrogen) atoms. The van der Waals surface area contributed by atoms with E-state index >= 15 is 0 Å². The second kappa shape index (κ2) is 6.58. The lowest BCUT2D eigenvalue weighted by molar-refractivity contribution is 0.178. The van der Waals surface area contributed by atoms with Crippen LogP contribution in [0, 0.1) is 0 Å². The summed E-state index contributed by atoms with van der Waals surface area (Å²) in [5.74, 6) is 0.381. The fraction of sp³-hybridized carbons (Fsp3) is 0.333. The van der Waals surface area contributed by atoms with E-state index in [0.29, 0.717) is 11.8 Å². The number of phenolic OH excluding ortho intramolecular Hbond substituents is 1. The number of para-hydroxylation sites is 1. The number of phenols is 1. The molecule has 2 atom stereocenters. The number of nitrogens with zero attached hydrogens (tertiary/aromatic N) is 1. The van der Waals surface area contributed by atoms with Gasteiger partial charge in [0.15, 0.2) is 0 Å². The highest BCUT2D eigenvalue weighted by Gasteiger charge is 2.22. The van der Waals surface area contributed by atoms with Gasteiger partial charge in [-0.1, -0.05) is 55.5 Å². The molecule has 0 unspecified atom stereocenters. The van der Waals surface area contributed by atoms with Gasteiger partial charge in [-0.15, -0.1) is 0 Å². The van der Waals surface area contributed by atoms with Crippen molar-refractivity contribution < 1.29 is 5.11 Å². The molecule has 106 valence electrons. The lowest BCUT2D eigenvalue weighted by atomic mass is 9.98. The zero-order chi connectivity index (χ0) is 14.5. The van der Waals surface area contributed by atoms with Gasteiger partial charge in [0.05, 0.1) is 0 Å². The number of aromatic hydroxyl groups is 1. The number of hydrogen-bond acceptors (Lipinski definition) is 2. The third-order valence-electron chi connectivity index (χ3n) is 4.07. The standard InChI is InChI=1S/C18H23NO/c1-4-17(16-12-8-9-13-18(16)20)19(3)14(2)15-10-6-5-7-11-15/h5-14,17,20H,4H2,1-3H3/t14-,17-/m1/s1. The van der Waals surface area contributed by atoms with Gasteiger partial charge in [0.25, 0.3) is 0 Å². The van der Waals surface area contributed by atoms with Crippen molar-refractivity contribution in [3.05, 3.63) is 65.7 Å². The second-order valence-electron chi connectivity index (χ2n) is 5.23. The molecule has 0 saturated carbocycles. The van der Waals surface area contributed by atoms with Crippen molar-refractivity contribution in [3.63, 3.8) is 0 Å². The van der Waals surface area contributed by atoms with Crippen LogP contribution >= 0.6 is 0 Å². The van der Waals surface area contributed by atoms with Crippen LogP contribution in [0.15, 0.2) is 54.6 Å². The molecule has 0 fully saturated rings. The maximum absolute atomic E-state index is 10.1. The summed E-state index contributed by atoms with van der Waals surface area (Å²) in [4.78, 5) is 2.32. The van der Waals surface area contributed by atoms with Gasteiger partial charge in [0, 0.05) is 17.6 Å². The molecule has 2 nitrogen and oxygen atoms in total. The molecule has 1 N–H and O–H groups in total. The lowest BCUT2D eigenvalue weighted by Gasteiger charge is -2.33. The first-order chi connectivity index (χ1) is 9.65. The van der Waals surface area contributed by atoms with E-state index in [9.17, 15) is 5.11 Å². The molecular formula is C18H23NO. The summed E-state index contributed by atoms with van der Waals surface area (Å²) in [6.45, 7) is 4.36. The molecule has 0 bridgehead atoms. The summed E-state index contributed by atoms with van der Waals surface area (Å²) in [7, 11) is 2.12. The Morgan fingerprint density at radius 3 is 2.20 bits per heavy atom. The Kier molecular flexibility index (Phi) is 4.80. The third kappa shape index (κ3) is 3.02. The molecular weight excluding hydrogens is 246 g/mol. The first kappa shape index (κ1) is 14.6. The van der Waals surface area contributed by atoms with E-state index in [1.165, 1.54) is 5.56 Å². The molecule has 0 radical (unpaired) electrons. The molecule has 2 aromatic carbocycles. The fourth-order valence-electron chi connectivity index (χ4n) is 2.73. The van der Waals surface area contributed by atoms with Gasteiger partial charge in [-0.2, -0.15) is 0 Å². The van der Waals surface area contributed by atoms with Crippen LogP contribution < -0.4 is 0 Å². The minimum atomic E-state index is 0.214. The molecule has 0 heterocycles. The van der Waals surface area contributed by atoms with E-state index in [0.717, 1.165) is 12.0 Å². The summed E-state index contributed by atoms with van der Waals surface area (Å²) in [6.07, 6.45) is 0.964. The smallest absolute Gasteiger partial charge is 0.120 e. The van der Waals surface area contributed by atoms with E-state index in [1.54, 1.807) is 6.07 Å². The Hall–Kier alpha value is -1.80. The zero-order valence-corrected chi connectivity index (χ0v) is 12.5. The fourth-order valence-corrected chi connectivity index (χ4v) is 2.73. The zero-order valence-electron chi connectivity index (χ0n) is 12.5. The lowest BCUT2D eigenvalue weighted by Crippen LogP contribution is -2.27. The van der Waals surface area contributed by atoms with E-state index < -0.39 is 0 Å². The summed E-state index contributed by atoms with van der Waals surface area (Å²) in [6, 6.07) is 18.6. The Labute approximate surface area is 121 Å². The Balaban J connectivity index is 2.26. The molecule has 2 heteroatoms. The van der Waals surface area contributed by atoms with Gasteiger partial charge in [-0.3, -0.25) is 4.90 Å². The van der Waals surface area contributed by atoms with Gasteiger partial charge in [-0.05, 0) is 32.0 Å². The topological polar surface area (TPSA) is 23.5 Å². The minimum absolute atomic E-state index is 0.214. The van der Waals surface area contributed by atoms with Gasteiger partial charge < -0.3 is 5.11 Å². The SMILES string of the molecule is CC[C@H](c1ccccc1O)N(C)[C@H](C)c1ccccc1. The summed E-state index contributed by atoms with van der Waals surface area (Å²) >= 11 is 0. The highest BCUT2D eigenvalue weighted by molar-refractivity contribution is 5.35. The highest BCUT2D eigenvalue weighted by Crippen LogP contribution is 2.34. The van der Waals surface area contributed by atoms with Gasteiger partial charge in [-0.25, -0.2) is 0 Å². The molecule has 0 aromatic heterocycles. The quantitative estimate of drug-likeness (QED) is 0.861. The maximum Gasteiger partial charge on any atom is 0.120 e. The third-order valence-corrected chi connectivity index (χ3v) is 4.07. The van der Waals surface area contributed by atoms with Crippen molar-refractivity contribution in [1.29, 1.82) is 0 Å². The normalized spacial score (nSPS) is 14.2. The highest BCUT2D eigenvalue weighted by atomic mass is 16.3. The van der Waals surface area contributed by atoms with E-state index in [2.05, 4.69) is 50.1 Å². The van der Waals surface area contributed by atoms with Crippen LogP contribution in [0.25, 0.3) is 0 Å². The second-order valence-corrected chi connectivity index (χ2v) is 5.23. The van der Waals surface area contributed by atoms with Crippen LogP contribution in [0.2, 0.25) is 0 Å². The largest absolute Gasteiger partial charge is 0.508 e. The van der Waals surface area contributed by atoms with Crippen molar-refractivity contribution >= 4 is 0 Å². The van der Waals surface area contributed by atoms with E-state index in [-0.39, 0.29) is 6.04 Å². The molecule has 0 amide bonds. The molecule has 0 saturated heterocycles. The van der Waals surface area contributed by atoms with Crippen LogP contribution in [0.3, 0.4) is 0 Å². The van der Waals surface area contributed by atoms with Crippen molar-refractivity contribution in [2.75, 3.05) is 7.05 Å². The number of benzene rings is 2. The number of rotatable bonds is 5. The molecule has 0 aliphatic heterocycles. The molecule has 0 aliphatic rings. The predicted octanol–water partition coefficient (Wildman–Crippen LogP) is 4.54. The van der Waals surface area contributed by atoms with E-state index in [1.807, 2.05) is 24.3 Å². The predicted molar refractivity (Wildman–Crippen MR) is 83.8 cm³/mol. The monoisotopic (exact) mass is 269 g/mol. The number of hydrogen-bond donors (Lipinski definition) is 1. The summed E-state index contributed by atoms with van der Waals surface area (Å²) in [5.41, 5.74) is 2.30. The van der Waals surface area contributed by atoms with Gasteiger partial charge in [0.2, 0.25) is 0 Å². The van der Waals surface area contributed by atoms with Gasteiger partial charge in [0.1, 0.15) is 5.75 Å². The van der Waals surface area contributed by atoms with Crippen LogP contribution in [0.1, 0.15) is 43.5 Å². The van der Waals surface area contributed by atoms with Crippen molar-refractivity contribution in [2.24, 2.45) is 0 Å². The Morgan fingerprint density at radius 2 is 1.60 bits per heavy atom. The van der Waals surface area contributed by atoms with Crippen molar-refractivity contribution in [2.45, 2.75) is 32.4 Å². The summed E-state index contributed by atoms with van der Waals surface area (Å²) < 4.78 is 0. The molecule has 0 spiro atoms.